The van der Waals surface area contributed by atoms with Crippen molar-refractivity contribution < 1.29 is 0 Å². The summed E-state index contributed by atoms with van der Waals surface area (Å²) in [5, 5.41) is 3.71. The van der Waals surface area contributed by atoms with Crippen molar-refractivity contribution in [1.29, 1.82) is 0 Å². The van der Waals surface area contributed by atoms with Crippen LogP contribution in [0.1, 0.15) is 40.0 Å². The fourth-order valence-corrected chi connectivity index (χ4v) is 3.04. The van der Waals surface area contributed by atoms with Crippen LogP contribution in [0, 0.1) is 5.92 Å². The Labute approximate surface area is 88.1 Å². The molecule has 14 heavy (non-hydrogen) atoms. The van der Waals surface area contributed by atoms with Gasteiger partial charge >= 0.3 is 0 Å². The van der Waals surface area contributed by atoms with Crippen molar-refractivity contribution in [1.82, 2.24) is 10.2 Å². The van der Waals surface area contributed by atoms with Gasteiger partial charge in [0, 0.05) is 18.1 Å². The summed E-state index contributed by atoms with van der Waals surface area (Å²) in [7, 11) is 0. The Hall–Kier alpha value is -0.0800. The summed E-state index contributed by atoms with van der Waals surface area (Å²) < 4.78 is 0. The molecule has 0 saturated carbocycles. The van der Waals surface area contributed by atoms with Crippen molar-refractivity contribution in [3.05, 3.63) is 0 Å². The molecular formula is C12H24N2. The molecule has 2 aliphatic rings. The van der Waals surface area contributed by atoms with Crippen LogP contribution in [0.2, 0.25) is 0 Å². The van der Waals surface area contributed by atoms with Gasteiger partial charge in [0.25, 0.3) is 0 Å². The molecule has 2 aliphatic heterocycles. The summed E-state index contributed by atoms with van der Waals surface area (Å²) in [6.07, 6.45) is 4.14. The van der Waals surface area contributed by atoms with Gasteiger partial charge in [-0.15, -0.1) is 0 Å². The van der Waals surface area contributed by atoms with E-state index < -0.39 is 0 Å². The minimum absolute atomic E-state index is 0.448. The number of likely N-dealkylation sites (tertiary alicyclic amines) is 1. The molecule has 0 aromatic heterocycles. The van der Waals surface area contributed by atoms with Crippen LogP contribution >= 0.6 is 0 Å². The van der Waals surface area contributed by atoms with Gasteiger partial charge in [0.05, 0.1) is 0 Å². The molecule has 0 radical (unpaired) electrons. The van der Waals surface area contributed by atoms with E-state index in [0.29, 0.717) is 5.54 Å². The first-order chi connectivity index (χ1) is 6.62. The quantitative estimate of drug-likeness (QED) is 0.725. The van der Waals surface area contributed by atoms with Gasteiger partial charge in [0.1, 0.15) is 0 Å². The topological polar surface area (TPSA) is 15.3 Å². The minimum atomic E-state index is 0.448. The molecule has 2 atom stereocenters. The number of nitrogens with zero attached hydrogens (tertiary/aromatic N) is 1. The van der Waals surface area contributed by atoms with Gasteiger partial charge in [0.2, 0.25) is 0 Å². The molecule has 82 valence electrons. The number of nitrogens with one attached hydrogen (secondary N) is 1. The van der Waals surface area contributed by atoms with E-state index in [1.54, 1.807) is 0 Å². The van der Waals surface area contributed by atoms with E-state index in [-0.39, 0.29) is 0 Å². The summed E-state index contributed by atoms with van der Waals surface area (Å²) in [5.41, 5.74) is 0.448. The van der Waals surface area contributed by atoms with E-state index in [1.165, 1.54) is 38.9 Å². The average molecular weight is 196 g/mol. The first kappa shape index (κ1) is 10.4. The standard InChI is InChI=1S/C12H24N2/c1-10(2)14-8-5-11(9-14)12(3)6-4-7-13-12/h10-11,13H,4-9H2,1-3H3. The van der Waals surface area contributed by atoms with Crippen molar-refractivity contribution >= 4 is 0 Å². The lowest BCUT2D eigenvalue weighted by Crippen LogP contribution is -2.45. The molecule has 2 heterocycles. The molecule has 0 aromatic rings. The van der Waals surface area contributed by atoms with Gasteiger partial charge in [-0.1, -0.05) is 0 Å². The molecule has 0 aliphatic carbocycles. The van der Waals surface area contributed by atoms with Gasteiger partial charge in [-0.3, -0.25) is 0 Å². The second-order valence-corrected chi connectivity index (χ2v) is 5.52. The Balaban J connectivity index is 1.94. The average Bonchev–Trinajstić information content (AvgIpc) is 2.71. The largest absolute Gasteiger partial charge is 0.311 e. The van der Waals surface area contributed by atoms with Crippen molar-refractivity contribution in [3.63, 3.8) is 0 Å². The van der Waals surface area contributed by atoms with Gasteiger partial charge < -0.3 is 10.2 Å². The van der Waals surface area contributed by atoms with E-state index in [9.17, 15) is 0 Å². The summed E-state index contributed by atoms with van der Waals surface area (Å²) in [4.78, 5) is 2.62. The monoisotopic (exact) mass is 196 g/mol. The van der Waals surface area contributed by atoms with Crippen LogP contribution in [0.3, 0.4) is 0 Å². The number of hydrogen-bond acceptors (Lipinski definition) is 2. The smallest absolute Gasteiger partial charge is 0.0194 e. The zero-order valence-corrected chi connectivity index (χ0v) is 9.84. The highest BCUT2D eigenvalue weighted by molar-refractivity contribution is 4.98. The van der Waals surface area contributed by atoms with Crippen LogP contribution in [0.25, 0.3) is 0 Å². The molecule has 0 aromatic carbocycles. The van der Waals surface area contributed by atoms with Crippen molar-refractivity contribution in [2.75, 3.05) is 19.6 Å². The van der Waals surface area contributed by atoms with Crippen LogP contribution in [0.15, 0.2) is 0 Å². The second-order valence-electron chi connectivity index (χ2n) is 5.52. The molecule has 1 N–H and O–H groups in total. The SMILES string of the molecule is CC(C)N1CCC(C2(C)CCCN2)C1. The molecular weight excluding hydrogens is 172 g/mol. The summed E-state index contributed by atoms with van der Waals surface area (Å²) in [6.45, 7) is 10.9. The van der Waals surface area contributed by atoms with Crippen LogP contribution in [0.5, 0.6) is 0 Å². The molecule has 2 unspecified atom stereocenters. The molecule has 2 fully saturated rings. The van der Waals surface area contributed by atoms with Crippen molar-refractivity contribution in [2.45, 2.75) is 51.6 Å². The van der Waals surface area contributed by atoms with Crippen LogP contribution in [0.4, 0.5) is 0 Å². The molecule has 0 bridgehead atoms. The van der Waals surface area contributed by atoms with Crippen LogP contribution < -0.4 is 5.32 Å². The maximum absolute atomic E-state index is 3.71. The highest BCUT2D eigenvalue weighted by atomic mass is 15.2. The lowest BCUT2D eigenvalue weighted by Gasteiger charge is -2.32. The molecule has 0 spiro atoms. The summed E-state index contributed by atoms with van der Waals surface area (Å²) in [5.74, 6) is 0.882. The maximum Gasteiger partial charge on any atom is 0.0194 e. The molecule has 2 heteroatoms. The second kappa shape index (κ2) is 3.82. The molecule has 2 nitrogen and oxygen atoms in total. The molecule has 2 rings (SSSR count). The Morgan fingerprint density at radius 3 is 2.71 bits per heavy atom. The highest BCUT2D eigenvalue weighted by Crippen LogP contribution is 2.34. The lowest BCUT2D eigenvalue weighted by molar-refractivity contribution is 0.221. The van der Waals surface area contributed by atoms with Gasteiger partial charge in [-0.25, -0.2) is 0 Å². The third-order valence-corrected chi connectivity index (χ3v) is 4.25. The third kappa shape index (κ3) is 1.82. The zero-order valence-electron chi connectivity index (χ0n) is 9.84. The van der Waals surface area contributed by atoms with Crippen LogP contribution in [-0.4, -0.2) is 36.1 Å². The molecule has 2 saturated heterocycles. The van der Waals surface area contributed by atoms with Crippen molar-refractivity contribution in [3.8, 4) is 0 Å². The van der Waals surface area contributed by atoms with Crippen molar-refractivity contribution in [2.24, 2.45) is 5.92 Å². The Morgan fingerprint density at radius 1 is 1.43 bits per heavy atom. The summed E-state index contributed by atoms with van der Waals surface area (Å²) >= 11 is 0. The first-order valence-electron chi connectivity index (χ1n) is 6.11. The first-order valence-corrected chi connectivity index (χ1v) is 6.11. The van der Waals surface area contributed by atoms with Gasteiger partial charge in [-0.05, 0) is 59.0 Å². The Bertz CT molecular complexity index is 194. The third-order valence-electron chi connectivity index (χ3n) is 4.25. The highest BCUT2D eigenvalue weighted by Gasteiger charge is 2.40. The normalized spacial score (nSPS) is 39.9. The van der Waals surface area contributed by atoms with E-state index >= 15 is 0 Å². The number of rotatable bonds is 2. The van der Waals surface area contributed by atoms with Gasteiger partial charge in [0.15, 0.2) is 0 Å². The Morgan fingerprint density at radius 2 is 2.21 bits per heavy atom. The maximum atomic E-state index is 3.71. The van der Waals surface area contributed by atoms with E-state index in [0.717, 1.165) is 12.0 Å². The van der Waals surface area contributed by atoms with Crippen LogP contribution in [-0.2, 0) is 0 Å². The predicted octanol–water partition coefficient (Wildman–Crippen LogP) is 1.86. The zero-order chi connectivity index (χ0) is 10.2. The fraction of sp³-hybridized carbons (Fsp3) is 1.00. The molecule has 0 amide bonds. The number of hydrogen-bond donors (Lipinski definition) is 1. The lowest BCUT2D eigenvalue weighted by atomic mass is 9.84. The van der Waals surface area contributed by atoms with E-state index in [4.69, 9.17) is 0 Å². The summed E-state index contributed by atoms with van der Waals surface area (Å²) in [6, 6.07) is 0.727. The van der Waals surface area contributed by atoms with Gasteiger partial charge in [-0.2, -0.15) is 0 Å². The Kier molecular flexibility index (Phi) is 2.85. The fourth-order valence-electron chi connectivity index (χ4n) is 3.04. The van der Waals surface area contributed by atoms with E-state index in [2.05, 4.69) is 31.0 Å². The minimum Gasteiger partial charge on any atom is -0.311 e. The predicted molar refractivity (Wildman–Crippen MR) is 60.5 cm³/mol. The van der Waals surface area contributed by atoms with E-state index in [1.807, 2.05) is 0 Å².